The van der Waals surface area contributed by atoms with E-state index in [-0.39, 0.29) is 5.91 Å². The predicted octanol–water partition coefficient (Wildman–Crippen LogP) is 3.00. The smallest absolute Gasteiger partial charge is 0.240 e. The topological polar surface area (TPSA) is 89.3 Å². The maximum Gasteiger partial charge on any atom is 0.240 e. The van der Waals surface area contributed by atoms with E-state index in [1.807, 2.05) is 77.5 Å². The number of anilines is 2. The molecule has 1 aromatic heterocycles. The van der Waals surface area contributed by atoms with Gasteiger partial charge in [-0.2, -0.15) is 12.6 Å². The average molecular weight is 422 g/mol. The first kappa shape index (κ1) is 21.5. The normalized spacial score (nSPS) is 14.3. The molecule has 30 heavy (non-hydrogen) atoms. The molecule has 3 aromatic rings. The van der Waals surface area contributed by atoms with Crippen molar-refractivity contribution in [3.8, 4) is 5.69 Å². The highest BCUT2D eigenvalue weighted by atomic mass is 32.1. The molecule has 1 fully saturated rings. The van der Waals surface area contributed by atoms with Crippen LogP contribution in [0.2, 0.25) is 0 Å². The molecule has 4 rings (SSSR count). The highest BCUT2D eigenvalue weighted by Crippen LogP contribution is 2.25. The Balaban J connectivity index is 0.00000124. The highest BCUT2D eigenvalue weighted by molar-refractivity contribution is 7.79. The van der Waals surface area contributed by atoms with E-state index in [2.05, 4.69) is 17.9 Å². The minimum atomic E-state index is 0.0865. The predicted molar refractivity (Wildman–Crippen MR) is 129 cm³/mol. The molecule has 2 heterocycles. The van der Waals surface area contributed by atoms with Crippen LogP contribution in [0.15, 0.2) is 66.9 Å². The molecule has 7 heteroatoms. The summed E-state index contributed by atoms with van der Waals surface area (Å²) in [6.45, 7) is 1.86. The number of nitrogen functional groups attached to an aromatic ring is 1. The van der Waals surface area contributed by atoms with Crippen LogP contribution in [-0.2, 0) is 4.79 Å². The van der Waals surface area contributed by atoms with Gasteiger partial charge in [-0.15, -0.1) is 0 Å². The number of carbonyl (C=O) groups excluding carboxylic acids is 1. The second-order valence-electron chi connectivity index (χ2n) is 6.73. The molecule has 0 unspecified atom stereocenters. The van der Waals surface area contributed by atoms with Gasteiger partial charge >= 0.3 is 0 Å². The minimum absolute atomic E-state index is 0.0865. The van der Waals surface area contributed by atoms with E-state index >= 15 is 0 Å². The fraction of sp³-hybridized carbons (Fsp3) is 0.174. The Kier molecular flexibility index (Phi) is 7.21. The number of nitrogens with zero attached hydrogens (tertiary/aromatic N) is 2. The summed E-state index contributed by atoms with van der Waals surface area (Å²) in [5.74, 6) is 0.0865. The molecule has 6 nitrogen and oxygen atoms in total. The monoisotopic (exact) mass is 421 g/mol. The van der Waals surface area contributed by atoms with E-state index in [4.69, 9.17) is 11.5 Å². The van der Waals surface area contributed by atoms with E-state index in [9.17, 15) is 4.79 Å². The lowest BCUT2D eigenvalue weighted by Gasteiger charge is -2.27. The van der Waals surface area contributed by atoms with Gasteiger partial charge in [-0.3, -0.25) is 4.79 Å². The summed E-state index contributed by atoms with van der Waals surface area (Å²) in [4.78, 5) is 13.9. The number of carbonyl (C=O) groups is 1. The maximum absolute atomic E-state index is 12.1. The van der Waals surface area contributed by atoms with Crippen LogP contribution in [0.4, 0.5) is 11.4 Å². The van der Waals surface area contributed by atoms with Crippen molar-refractivity contribution in [2.24, 2.45) is 5.73 Å². The highest BCUT2D eigenvalue weighted by Gasteiger charge is 2.19. The molecule has 1 aliphatic rings. The van der Waals surface area contributed by atoms with Gasteiger partial charge < -0.3 is 26.3 Å². The molecular formula is C23H27N5OS. The molecule has 1 amide bonds. The Hall–Kier alpha value is -3.16. The van der Waals surface area contributed by atoms with Gasteiger partial charge in [0.25, 0.3) is 0 Å². The fourth-order valence-electron chi connectivity index (χ4n) is 3.37. The van der Waals surface area contributed by atoms with E-state index < -0.39 is 0 Å². The van der Waals surface area contributed by atoms with Gasteiger partial charge in [0.05, 0.1) is 17.9 Å². The Morgan fingerprint density at radius 2 is 1.70 bits per heavy atom. The lowest BCUT2D eigenvalue weighted by atomic mass is 10.1. The number of thiol groups is 1. The van der Waals surface area contributed by atoms with Crippen LogP contribution in [0.1, 0.15) is 11.3 Å². The molecule has 0 aliphatic carbocycles. The van der Waals surface area contributed by atoms with Gasteiger partial charge in [0, 0.05) is 36.4 Å². The molecule has 0 bridgehead atoms. The fourth-order valence-corrected chi connectivity index (χ4v) is 3.37. The van der Waals surface area contributed by atoms with Crippen LogP contribution in [0, 0.1) is 0 Å². The molecular weight excluding hydrogens is 394 g/mol. The van der Waals surface area contributed by atoms with Crippen molar-refractivity contribution in [1.82, 2.24) is 9.88 Å². The van der Waals surface area contributed by atoms with Gasteiger partial charge in [-0.05, 0) is 48.2 Å². The zero-order chi connectivity index (χ0) is 21.5. The van der Waals surface area contributed by atoms with Crippen LogP contribution in [-0.4, -0.2) is 36.4 Å². The van der Waals surface area contributed by atoms with Crippen molar-refractivity contribution in [3.63, 3.8) is 0 Å². The van der Waals surface area contributed by atoms with Crippen LogP contribution in [0.3, 0.4) is 0 Å². The number of hydrogen-bond donors (Lipinski definition) is 4. The van der Waals surface area contributed by atoms with Crippen molar-refractivity contribution >= 4 is 41.7 Å². The van der Waals surface area contributed by atoms with Crippen LogP contribution < -0.4 is 21.7 Å². The van der Waals surface area contributed by atoms with Crippen molar-refractivity contribution in [2.45, 2.75) is 0 Å². The SMILES string of the molecule is CS.N/C(=C\c1c(N)ccn1-c1ccc(N2CCNCC2=O)cc1)c1ccccc1. The number of rotatable bonds is 4. The first-order valence-electron chi connectivity index (χ1n) is 9.69. The molecule has 156 valence electrons. The lowest BCUT2D eigenvalue weighted by Crippen LogP contribution is -2.48. The number of nitrogens with two attached hydrogens (primary N) is 2. The Morgan fingerprint density at radius 1 is 1.03 bits per heavy atom. The van der Waals surface area contributed by atoms with Crippen molar-refractivity contribution in [1.29, 1.82) is 0 Å². The molecule has 5 N–H and O–H groups in total. The third-order valence-electron chi connectivity index (χ3n) is 4.89. The number of hydrogen-bond acceptors (Lipinski definition) is 5. The summed E-state index contributed by atoms with van der Waals surface area (Å²) in [5, 5.41) is 3.09. The summed E-state index contributed by atoms with van der Waals surface area (Å²) in [6.07, 6.45) is 5.50. The van der Waals surface area contributed by atoms with E-state index in [1.165, 1.54) is 0 Å². The Labute approximate surface area is 182 Å². The van der Waals surface area contributed by atoms with Crippen LogP contribution in [0.25, 0.3) is 17.5 Å². The second-order valence-corrected chi connectivity index (χ2v) is 6.73. The van der Waals surface area contributed by atoms with Gasteiger partial charge in [0.1, 0.15) is 0 Å². The van der Waals surface area contributed by atoms with Crippen molar-refractivity contribution in [3.05, 3.63) is 78.1 Å². The quantitative estimate of drug-likeness (QED) is 0.488. The number of aromatic nitrogens is 1. The van der Waals surface area contributed by atoms with E-state index in [0.717, 1.165) is 29.2 Å². The summed E-state index contributed by atoms with van der Waals surface area (Å²) >= 11 is 3.53. The van der Waals surface area contributed by atoms with E-state index in [0.29, 0.717) is 24.5 Å². The van der Waals surface area contributed by atoms with E-state index in [1.54, 1.807) is 11.2 Å². The number of piperazine rings is 1. The second kappa shape index (κ2) is 10.0. The largest absolute Gasteiger partial charge is 0.398 e. The standard InChI is InChI=1S/C22H23N5O.CH4S/c23-19-10-12-26(21(19)14-20(24)16-4-2-1-3-5-16)17-6-8-18(9-7-17)27-13-11-25-15-22(27)28;1-2/h1-10,12,14,25H,11,13,15,23-24H2;2H,1H3/b20-14-;. The summed E-state index contributed by atoms with van der Waals surface area (Å²) < 4.78 is 1.99. The van der Waals surface area contributed by atoms with Gasteiger partial charge in [-0.1, -0.05) is 30.3 Å². The molecule has 0 radical (unpaired) electrons. The molecule has 0 atom stereocenters. The maximum atomic E-state index is 12.1. The first-order valence-corrected chi connectivity index (χ1v) is 10.6. The number of nitrogens with one attached hydrogen (secondary N) is 1. The number of benzene rings is 2. The molecule has 2 aromatic carbocycles. The summed E-state index contributed by atoms with van der Waals surface area (Å²) in [5.41, 5.74) is 17.4. The molecule has 1 aliphatic heterocycles. The van der Waals surface area contributed by atoms with Crippen LogP contribution >= 0.6 is 12.6 Å². The molecule has 0 spiro atoms. The zero-order valence-electron chi connectivity index (χ0n) is 17.0. The van der Waals surface area contributed by atoms with Crippen molar-refractivity contribution in [2.75, 3.05) is 36.5 Å². The Morgan fingerprint density at radius 3 is 2.37 bits per heavy atom. The molecule has 0 saturated carbocycles. The third-order valence-corrected chi connectivity index (χ3v) is 4.89. The lowest BCUT2D eigenvalue weighted by molar-refractivity contribution is -0.118. The summed E-state index contributed by atoms with van der Waals surface area (Å²) in [6, 6.07) is 19.6. The van der Waals surface area contributed by atoms with Crippen LogP contribution in [0.5, 0.6) is 0 Å². The Bertz CT molecular complexity index is 1010. The first-order chi connectivity index (χ1) is 14.6. The average Bonchev–Trinajstić information content (AvgIpc) is 3.16. The molecule has 1 saturated heterocycles. The van der Waals surface area contributed by atoms with Gasteiger partial charge in [-0.25, -0.2) is 0 Å². The van der Waals surface area contributed by atoms with Gasteiger partial charge in [0.2, 0.25) is 5.91 Å². The third kappa shape index (κ3) is 4.69. The van der Waals surface area contributed by atoms with Gasteiger partial charge in [0.15, 0.2) is 0 Å². The summed E-state index contributed by atoms with van der Waals surface area (Å²) in [7, 11) is 0. The minimum Gasteiger partial charge on any atom is -0.398 e. The number of amides is 1. The van der Waals surface area contributed by atoms with Crippen molar-refractivity contribution < 1.29 is 4.79 Å². The zero-order valence-corrected chi connectivity index (χ0v) is 17.8.